The molecule has 0 fully saturated rings. The van der Waals surface area contributed by atoms with Crippen LogP contribution in [0.4, 0.5) is 13.2 Å². The van der Waals surface area contributed by atoms with Crippen molar-refractivity contribution < 1.29 is 27.5 Å². The van der Waals surface area contributed by atoms with Gasteiger partial charge in [0.2, 0.25) is 5.76 Å². The predicted molar refractivity (Wildman–Crippen MR) is 52.7 cm³/mol. The van der Waals surface area contributed by atoms with Crippen LogP contribution in [0.5, 0.6) is 0 Å². The second-order valence-electron chi connectivity index (χ2n) is 3.67. The van der Waals surface area contributed by atoms with Crippen LogP contribution in [0.15, 0.2) is 16.5 Å². The molecule has 17 heavy (non-hydrogen) atoms. The first-order valence-corrected chi connectivity index (χ1v) is 4.85. The minimum absolute atomic E-state index is 0.142. The molecule has 0 amide bonds. The summed E-state index contributed by atoms with van der Waals surface area (Å²) in [6.45, 7) is -0.0179. The Labute approximate surface area is 95.6 Å². The maximum Gasteiger partial charge on any atom is 0.390 e. The van der Waals surface area contributed by atoms with Crippen LogP contribution in [0.25, 0.3) is 0 Å². The van der Waals surface area contributed by atoms with Gasteiger partial charge >= 0.3 is 12.1 Å². The van der Waals surface area contributed by atoms with Gasteiger partial charge in [0.25, 0.3) is 0 Å². The van der Waals surface area contributed by atoms with Crippen LogP contribution in [-0.2, 0) is 6.54 Å². The molecule has 1 heterocycles. The van der Waals surface area contributed by atoms with E-state index >= 15 is 0 Å². The molecule has 1 aromatic rings. The number of hydrogen-bond donors (Lipinski definition) is 1. The molecule has 0 bridgehead atoms. The quantitative estimate of drug-likeness (QED) is 0.872. The van der Waals surface area contributed by atoms with Gasteiger partial charge in [0.05, 0.1) is 13.0 Å². The monoisotopic (exact) mass is 251 g/mol. The molecular weight excluding hydrogens is 239 g/mol. The molecule has 0 spiro atoms. The number of nitrogens with zero attached hydrogens (tertiary/aromatic N) is 1. The molecule has 0 aromatic carbocycles. The smallest absolute Gasteiger partial charge is 0.390 e. The SMILES string of the molecule is CN(CCC(F)(F)F)Cc1ccc(C(=O)O)o1. The van der Waals surface area contributed by atoms with Gasteiger partial charge in [-0.2, -0.15) is 13.2 Å². The summed E-state index contributed by atoms with van der Waals surface area (Å²) in [5.41, 5.74) is 0. The van der Waals surface area contributed by atoms with Gasteiger partial charge in [-0.05, 0) is 19.2 Å². The summed E-state index contributed by atoms with van der Waals surface area (Å²) in [6, 6.07) is 2.71. The third-order valence-electron chi connectivity index (χ3n) is 2.08. The van der Waals surface area contributed by atoms with E-state index in [0.29, 0.717) is 5.76 Å². The van der Waals surface area contributed by atoms with Crippen molar-refractivity contribution in [2.75, 3.05) is 13.6 Å². The van der Waals surface area contributed by atoms with Crippen LogP contribution in [0.2, 0.25) is 0 Å². The average molecular weight is 251 g/mol. The van der Waals surface area contributed by atoms with Gasteiger partial charge in [0.1, 0.15) is 5.76 Å². The Balaban J connectivity index is 2.45. The molecule has 1 aromatic heterocycles. The second kappa shape index (κ2) is 5.22. The molecule has 0 saturated carbocycles. The zero-order valence-electron chi connectivity index (χ0n) is 9.12. The third kappa shape index (κ3) is 4.90. The van der Waals surface area contributed by atoms with Crippen LogP contribution in [0.3, 0.4) is 0 Å². The Kier molecular flexibility index (Phi) is 4.17. The lowest BCUT2D eigenvalue weighted by Crippen LogP contribution is -2.23. The number of carbonyl (C=O) groups is 1. The molecule has 0 atom stereocenters. The van der Waals surface area contributed by atoms with Crippen molar-refractivity contribution in [3.8, 4) is 0 Å². The Morgan fingerprint density at radius 3 is 2.59 bits per heavy atom. The van der Waals surface area contributed by atoms with E-state index in [4.69, 9.17) is 9.52 Å². The minimum atomic E-state index is -4.19. The maximum absolute atomic E-state index is 11.9. The van der Waals surface area contributed by atoms with Gasteiger partial charge in [-0.15, -0.1) is 0 Å². The molecule has 0 aliphatic heterocycles. The normalized spacial score (nSPS) is 12.1. The first-order valence-electron chi connectivity index (χ1n) is 4.85. The minimum Gasteiger partial charge on any atom is -0.475 e. The molecule has 0 radical (unpaired) electrons. The first-order chi connectivity index (χ1) is 7.78. The predicted octanol–water partition coefficient (Wildman–Crippen LogP) is 2.36. The molecule has 96 valence electrons. The van der Waals surface area contributed by atoms with Gasteiger partial charge in [-0.1, -0.05) is 0 Å². The van der Waals surface area contributed by atoms with Crippen LogP contribution in [0.1, 0.15) is 22.7 Å². The topological polar surface area (TPSA) is 53.7 Å². The highest BCUT2D eigenvalue weighted by Gasteiger charge is 2.27. The highest BCUT2D eigenvalue weighted by molar-refractivity contribution is 5.84. The molecule has 0 saturated heterocycles. The van der Waals surface area contributed by atoms with Crippen molar-refractivity contribution in [3.05, 3.63) is 23.7 Å². The Morgan fingerprint density at radius 1 is 1.47 bits per heavy atom. The number of hydrogen-bond acceptors (Lipinski definition) is 3. The third-order valence-corrected chi connectivity index (χ3v) is 2.08. The molecule has 1 rings (SSSR count). The van der Waals surface area contributed by atoms with Gasteiger partial charge < -0.3 is 9.52 Å². The Bertz CT molecular complexity index is 386. The lowest BCUT2D eigenvalue weighted by atomic mass is 10.3. The molecule has 0 aliphatic carbocycles. The number of rotatable bonds is 5. The fraction of sp³-hybridized carbons (Fsp3) is 0.500. The number of alkyl halides is 3. The zero-order chi connectivity index (χ0) is 13.1. The van der Waals surface area contributed by atoms with Crippen LogP contribution in [-0.4, -0.2) is 35.7 Å². The molecule has 0 unspecified atom stereocenters. The first kappa shape index (κ1) is 13.6. The standard InChI is InChI=1S/C10H12F3NO3/c1-14(5-4-10(11,12)13)6-7-2-3-8(17-7)9(15)16/h2-3H,4-6H2,1H3,(H,15,16). The summed E-state index contributed by atoms with van der Waals surface area (Å²) in [7, 11) is 1.51. The van der Waals surface area contributed by atoms with Gasteiger partial charge in [0, 0.05) is 6.54 Å². The summed E-state index contributed by atoms with van der Waals surface area (Å²) in [5.74, 6) is -1.09. The zero-order valence-corrected chi connectivity index (χ0v) is 9.12. The van der Waals surface area contributed by atoms with E-state index in [0.717, 1.165) is 0 Å². The largest absolute Gasteiger partial charge is 0.475 e. The second-order valence-corrected chi connectivity index (χ2v) is 3.67. The number of furan rings is 1. The lowest BCUT2D eigenvalue weighted by molar-refractivity contribution is -0.137. The fourth-order valence-electron chi connectivity index (χ4n) is 1.24. The molecule has 4 nitrogen and oxygen atoms in total. The summed E-state index contributed by atoms with van der Waals surface area (Å²) in [5, 5.41) is 8.59. The van der Waals surface area contributed by atoms with Crippen molar-refractivity contribution >= 4 is 5.97 Å². The molecular formula is C10H12F3NO3. The molecule has 1 N–H and O–H groups in total. The Hall–Kier alpha value is -1.50. The van der Waals surface area contributed by atoms with Gasteiger partial charge in [0.15, 0.2) is 0 Å². The van der Waals surface area contributed by atoms with E-state index in [-0.39, 0.29) is 18.8 Å². The fourth-order valence-corrected chi connectivity index (χ4v) is 1.24. The van der Waals surface area contributed by atoms with Crippen LogP contribution >= 0.6 is 0 Å². The van der Waals surface area contributed by atoms with Crippen LogP contribution in [0, 0.1) is 0 Å². The summed E-state index contributed by atoms with van der Waals surface area (Å²) >= 11 is 0. The summed E-state index contributed by atoms with van der Waals surface area (Å²) < 4.78 is 40.7. The van der Waals surface area contributed by atoms with E-state index in [1.54, 1.807) is 0 Å². The van der Waals surface area contributed by atoms with Crippen molar-refractivity contribution in [1.29, 1.82) is 0 Å². The van der Waals surface area contributed by atoms with E-state index in [1.165, 1.54) is 24.1 Å². The number of halogens is 3. The van der Waals surface area contributed by atoms with E-state index in [2.05, 4.69) is 0 Å². The van der Waals surface area contributed by atoms with Crippen molar-refractivity contribution in [2.24, 2.45) is 0 Å². The van der Waals surface area contributed by atoms with Crippen molar-refractivity contribution in [2.45, 2.75) is 19.1 Å². The van der Waals surface area contributed by atoms with E-state index in [1.807, 2.05) is 0 Å². The van der Waals surface area contributed by atoms with Gasteiger partial charge in [-0.3, -0.25) is 4.90 Å². The number of carboxylic acids is 1. The van der Waals surface area contributed by atoms with Crippen molar-refractivity contribution in [3.63, 3.8) is 0 Å². The highest BCUT2D eigenvalue weighted by Crippen LogP contribution is 2.20. The average Bonchev–Trinajstić information content (AvgIpc) is 2.62. The number of aromatic carboxylic acids is 1. The maximum atomic E-state index is 11.9. The van der Waals surface area contributed by atoms with Crippen LogP contribution < -0.4 is 0 Å². The Morgan fingerprint density at radius 2 is 2.12 bits per heavy atom. The highest BCUT2D eigenvalue weighted by atomic mass is 19.4. The summed E-state index contributed by atoms with van der Waals surface area (Å²) in [6.07, 6.45) is -5.10. The van der Waals surface area contributed by atoms with E-state index < -0.39 is 18.6 Å². The van der Waals surface area contributed by atoms with E-state index in [9.17, 15) is 18.0 Å². The molecule has 0 aliphatic rings. The van der Waals surface area contributed by atoms with Gasteiger partial charge in [-0.25, -0.2) is 4.79 Å². The lowest BCUT2D eigenvalue weighted by Gasteiger charge is -2.15. The number of carboxylic acid groups (broad SMARTS) is 1. The molecule has 7 heteroatoms. The summed E-state index contributed by atoms with van der Waals surface area (Å²) in [4.78, 5) is 11.9. The van der Waals surface area contributed by atoms with Crippen molar-refractivity contribution in [1.82, 2.24) is 4.90 Å².